The van der Waals surface area contributed by atoms with Gasteiger partial charge in [0, 0.05) is 18.4 Å². The van der Waals surface area contributed by atoms with Crippen LogP contribution in [0.5, 0.6) is 0 Å². The van der Waals surface area contributed by atoms with E-state index in [1.165, 1.54) is 5.70 Å². The summed E-state index contributed by atoms with van der Waals surface area (Å²) in [5, 5.41) is 0. The summed E-state index contributed by atoms with van der Waals surface area (Å²) in [5.41, 5.74) is 1.28. The molecule has 0 unspecified atom stereocenters. The molecule has 0 aliphatic carbocycles. The first-order valence-corrected chi connectivity index (χ1v) is 5.45. The molecule has 2 aliphatic rings. The highest BCUT2D eigenvalue weighted by atomic mass is 15.1. The van der Waals surface area contributed by atoms with Gasteiger partial charge in [0.15, 0.2) is 0 Å². The van der Waals surface area contributed by atoms with Gasteiger partial charge in [0.1, 0.15) is 0 Å². The van der Waals surface area contributed by atoms with E-state index >= 15 is 0 Å². The summed E-state index contributed by atoms with van der Waals surface area (Å²) in [7, 11) is 0. The van der Waals surface area contributed by atoms with E-state index in [0.717, 1.165) is 6.54 Å². The maximum absolute atomic E-state index is 2.21. The number of rotatable bonds is 0. The predicted molar refractivity (Wildman–Crippen MR) is 68.7 cm³/mol. The van der Waals surface area contributed by atoms with E-state index in [1.807, 2.05) is 36.4 Å². The van der Waals surface area contributed by atoms with Crippen LogP contribution < -0.4 is 0 Å². The topological polar surface area (TPSA) is 3.24 Å². The molecular weight excluding hydrogens is 194 g/mol. The van der Waals surface area contributed by atoms with Crippen LogP contribution in [0.15, 0.2) is 84.8 Å². The molecule has 0 aromatic heterocycles. The van der Waals surface area contributed by atoms with Crippen LogP contribution in [0.3, 0.4) is 0 Å². The Hall–Kier alpha value is -2.02. The number of allylic oxidation sites excluding steroid dienone is 5. The molecule has 0 bridgehead atoms. The van der Waals surface area contributed by atoms with Crippen molar-refractivity contribution in [2.75, 3.05) is 6.54 Å². The Morgan fingerprint density at radius 2 is 1.50 bits per heavy atom. The van der Waals surface area contributed by atoms with E-state index in [2.05, 4.69) is 47.6 Å². The van der Waals surface area contributed by atoms with Gasteiger partial charge in [0.05, 0.1) is 0 Å². The van der Waals surface area contributed by atoms with Crippen molar-refractivity contribution in [3.05, 3.63) is 84.8 Å². The molecule has 0 radical (unpaired) electrons. The molecule has 0 saturated heterocycles. The van der Waals surface area contributed by atoms with Crippen LogP contribution in [-0.4, -0.2) is 11.4 Å². The van der Waals surface area contributed by atoms with Gasteiger partial charge in [-0.2, -0.15) is 0 Å². The molecule has 0 atom stereocenters. The van der Waals surface area contributed by atoms with Crippen molar-refractivity contribution in [1.82, 2.24) is 4.90 Å². The number of nitrogens with zero attached hydrogens (tertiary/aromatic N) is 1. The summed E-state index contributed by atoms with van der Waals surface area (Å²) in [6, 6.07) is 12.0. The average Bonchev–Trinajstić information content (AvgIpc) is 2.42. The molecular formula is C15H15N. The third-order valence-electron chi connectivity index (χ3n) is 2.35. The molecule has 0 spiro atoms. The maximum Gasteiger partial charge on any atom is 0.0409 e. The smallest absolute Gasteiger partial charge is 0.0409 e. The molecule has 1 aromatic rings. The molecule has 3 rings (SSSR count). The predicted octanol–water partition coefficient (Wildman–Crippen LogP) is 3.51. The number of hydrogen-bond donors (Lipinski definition) is 0. The fourth-order valence-corrected chi connectivity index (χ4v) is 1.53. The second-order valence-electron chi connectivity index (χ2n) is 3.53. The zero-order valence-electron chi connectivity index (χ0n) is 9.16. The van der Waals surface area contributed by atoms with Gasteiger partial charge in [-0.3, -0.25) is 0 Å². The van der Waals surface area contributed by atoms with Crippen LogP contribution >= 0.6 is 0 Å². The molecule has 80 valence electrons. The van der Waals surface area contributed by atoms with Gasteiger partial charge in [0.25, 0.3) is 0 Å². The number of benzene rings is 1. The van der Waals surface area contributed by atoms with Gasteiger partial charge in [-0.1, -0.05) is 54.6 Å². The SMILES string of the molecule is C1=CCN2C=CC=CC2=C1.c1ccccc1. The van der Waals surface area contributed by atoms with E-state index in [0.29, 0.717) is 0 Å². The molecule has 2 aliphatic heterocycles. The lowest BCUT2D eigenvalue weighted by molar-refractivity contribution is 0.523. The van der Waals surface area contributed by atoms with Gasteiger partial charge in [-0.25, -0.2) is 0 Å². The Balaban J connectivity index is 0.000000138. The minimum Gasteiger partial charge on any atom is -0.344 e. The molecule has 2 heterocycles. The summed E-state index contributed by atoms with van der Waals surface area (Å²) in [4.78, 5) is 2.21. The van der Waals surface area contributed by atoms with Crippen molar-refractivity contribution in [3.8, 4) is 0 Å². The Bertz CT molecular complexity index is 397. The van der Waals surface area contributed by atoms with Gasteiger partial charge in [-0.05, 0) is 18.2 Å². The summed E-state index contributed by atoms with van der Waals surface area (Å²) >= 11 is 0. The maximum atomic E-state index is 2.21. The Labute approximate surface area is 96.7 Å². The van der Waals surface area contributed by atoms with Gasteiger partial charge in [0.2, 0.25) is 0 Å². The molecule has 16 heavy (non-hydrogen) atoms. The fraction of sp³-hybridized carbons (Fsp3) is 0.0667. The van der Waals surface area contributed by atoms with Crippen molar-refractivity contribution in [2.24, 2.45) is 0 Å². The monoisotopic (exact) mass is 209 g/mol. The lowest BCUT2D eigenvalue weighted by Crippen LogP contribution is -2.18. The normalized spacial score (nSPS) is 16.0. The van der Waals surface area contributed by atoms with Crippen molar-refractivity contribution < 1.29 is 0 Å². The van der Waals surface area contributed by atoms with E-state index in [-0.39, 0.29) is 0 Å². The number of fused-ring (bicyclic) bond motifs is 1. The summed E-state index contributed by atoms with van der Waals surface area (Å²) in [6.07, 6.45) is 14.7. The van der Waals surface area contributed by atoms with E-state index < -0.39 is 0 Å². The minimum atomic E-state index is 1.01. The van der Waals surface area contributed by atoms with Crippen molar-refractivity contribution in [1.29, 1.82) is 0 Å². The van der Waals surface area contributed by atoms with E-state index in [4.69, 9.17) is 0 Å². The molecule has 1 nitrogen and oxygen atoms in total. The van der Waals surface area contributed by atoms with Crippen molar-refractivity contribution in [2.45, 2.75) is 0 Å². The third-order valence-corrected chi connectivity index (χ3v) is 2.35. The zero-order chi connectivity index (χ0) is 11.1. The minimum absolute atomic E-state index is 1.01. The first-order chi connectivity index (χ1) is 7.97. The Morgan fingerprint density at radius 3 is 2.12 bits per heavy atom. The van der Waals surface area contributed by atoms with Crippen molar-refractivity contribution >= 4 is 0 Å². The second-order valence-corrected chi connectivity index (χ2v) is 3.53. The first-order valence-electron chi connectivity index (χ1n) is 5.45. The molecule has 0 N–H and O–H groups in total. The Kier molecular flexibility index (Phi) is 3.78. The van der Waals surface area contributed by atoms with E-state index in [1.54, 1.807) is 0 Å². The molecule has 1 heteroatoms. The van der Waals surface area contributed by atoms with Gasteiger partial charge < -0.3 is 4.90 Å². The van der Waals surface area contributed by atoms with E-state index in [9.17, 15) is 0 Å². The second kappa shape index (κ2) is 5.76. The summed E-state index contributed by atoms with van der Waals surface area (Å²) in [6.45, 7) is 1.01. The molecule has 1 aromatic carbocycles. The van der Waals surface area contributed by atoms with Crippen LogP contribution in [-0.2, 0) is 0 Å². The third kappa shape index (κ3) is 2.99. The van der Waals surface area contributed by atoms with Gasteiger partial charge in [-0.15, -0.1) is 0 Å². The van der Waals surface area contributed by atoms with Crippen molar-refractivity contribution in [3.63, 3.8) is 0 Å². The molecule has 0 saturated carbocycles. The first kappa shape index (κ1) is 10.5. The largest absolute Gasteiger partial charge is 0.344 e. The zero-order valence-corrected chi connectivity index (χ0v) is 9.16. The quantitative estimate of drug-likeness (QED) is 0.632. The van der Waals surface area contributed by atoms with Crippen LogP contribution in [0.25, 0.3) is 0 Å². The average molecular weight is 209 g/mol. The van der Waals surface area contributed by atoms with Crippen LogP contribution in [0, 0.1) is 0 Å². The standard InChI is InChI=1S/C9H9N.C6H6/c1-3-7-10-8-4-2-6-9(10)5-1;1-2-4-6-5-3-1/h1-7H,8H2;1-6H. The highest BCUT2D eigenvalue weighted by Crippen LogP contribution is 2.14. The highest BCUT2D eigenvalue weighted by molar-refractivity contribution is 5.33. The number of hydrogen-bond acceptors (Lipinski definition) is 1. The fourth-order valence-electron chi connectivity index (χ4n) is 1.53. The van der Waals surface area contributed by atoms with Crippen LogP contribution in [0.1, 0.15) is 0 Å². The lowest BCUT2D eigenvalue weighted by Gasteiger charge is -2.23. The van der Waals surface area contributed by atoms with Crippen LogP contribution in [0.4, 0.5) is 0 Å². The summed E-state index contributed by atoms with van der Waals surface area (Å²) in [5.74, 6) is 0. The molecule has 0 fully saturated rings. The molecule has 0 amide bonds. The highest BCUT2D eigenvalue weighted by Gasteiger charge is 2.05. The summed E-state index contributed by atoms with van der Waals surface area (Å²) < 4.78 is 0. The van der Waals surface area contributed by atoms with Gasteiger partial charge >= 0.3 is 0 Å². The lowest BCUT2D eigenvalue weighted by atomic mass is 10.2. The van der Waals surface area contributed by atoms with Crippen LogP contribution in [0.2, 0.25) is 0 Å². The Morgan fingerprint density at radius 1 is 0.812 bits per heavy atom.